The minimum absolute atomic E-state index is 0.255. The second-order valence-electron chi connectivity index (χ2n) is 6.82. The van der Waals surface area contributed by atoms with Crippen molar-refractivity contribution in [1.82, 2.24) is 4.90 Å². The van der Waals surface area contributed by atoms with Crippen molar-refractivity contribution < 1.29 is 32.2 Å². The van der Waals surface area contributed by atoms with Crippen LogP contribution in [0.4, 0.5) is 18.9 Å². The standard InChI is InChI=1S/C22H25F3N2O4/c1-4-5-12-31-18-11-10-15(13-19(18)30-3)21(29)27(2)14-20(28)26-17-9-7-6-8-16(17)22(23,24)25/h6-11,13H,4-5,12,14H2,1-3H3,(H,26,28). The Balaban J connectivity index is 2.06. The van der Waals surface area contributed by atoms with E-state index in [4.69, 9.17) is 9.47 Å². The number of rotatable bonds is 9. The molecule has 0 atom stereocenters. The summed E-state index contributed by atoms with van der Waals surface area (Å²) in [5.41, 5.74) is -1.07. The van der Waals surface area contributed by atoms with E-state index in [-0.39, 0.29) is 11.3 Å². The molecule has 1 N–H and O–H groups in total. The number of nitrogens with one attached hydrogen (secondary N) is 1. The smallest absolute Gasteiger partial charge is 0.418 e. The molecule has 168 valence electrons. The highest BCUT2D eigenvalue weighted by Crippen LogP contribution is 2.34. The van der Waals surface area contributed by atoms with E-state index in [9.17, 15) is 22.8 Å². The lowest BCUT2D eigenvalue weighted by atomic mass is 10.1. The number of ether oxygens (including phenoxy) is 2. The van der Waals surface area contributed by atoms with E-state index in [1.807, 2.05) is 6.92 Å². The zero-order valence-electron chi connectivity index (χ0n) is 17.6. The summed E-state index contributed by atoms with van der Waals surface area (Å²) in [4.78, 5) is 26.0. The first-order valence-corrected chi connectivity index (χ1v) is 9.69. The molecule has 0 saturated carbocycles. The van der Waals surface area contributed by atoms with Crippen molar-refractivity contribution in [2.75, 3.05) is 32.6 Å². The van der Waals surface area contributed by atoms with Crippen LogP contribution in [-0.4, -0.2) is 44.0 Å². The summed E-state index contributed by atoms with van der Waals surface area (Å²) in [5.74, 6) is -0.368. The Bertz CT molecular complexity index is 916. The first-order chi connectivity index (χ1) is 14.7. The molecule has 2 aromatic carbocycles. The number of unbranched alkanes of at least 4 members (excludes halogenated alkanes) is 1. The molecule has 9 heteroatoms. The molecule has 0 spiro atoms. The van der Waals surface area contributed by atoms with Crippen LogP contribution in [-0.2, 0) is 11.0 Å². The fraction of sp³-hybridized carbons (Fsp3) is 0.364. The molecule has 0 bridgehead atoms. The number of methoxy groups -OCH3 is 1. The van der Waals surface area contributed by atoms with Gasteiger partial charge in [-0.05, 0) is 36.8 Å². The van der Waals surface area contributed by atoms with Crippen molar-refractivity contribution in [2.24, 2.45) is 0 Å². The number of anilines is 1. The lowest BCUT2D eigenvalue weighted by Gasteiger charge is -2.19. The van der Waals surface area contributed by atoms with E-state index in [1.165, 1.54) is 32.4 Å². The number of benzene rings is 2. The molecule has 0 aliphatic heterocycles. The number of likely N-dealkylation sites (N-methyl/N-ethyl adjacent to an activating group) is 1. The van der Waals surface area contributed by atoms with E-state index < -0.39 is 30.1 Å². The predicted octanol–water partition coefficient (Wildman–Crippen LogP) is 4.60. The number of amides is 2. The number of alkyl halides is 3. The van der Waals surface area contributed by atoms with Gasteiger partial charge in [-0.25, -0.2) is 0 Å². The summed E-state index contributed by atoms with van der Waals surface area (Å²) < 4.78 is 50.1. The molecule has 0 radical (unpaired) electrons. The summed E-state index contributed by atoms with van der Waals surface area (Å²) in [7, 11) is 2.83. The number of nitrogens with zero attached hydrogens (tertiary/aromatic N) is 1. The van der Waals surface area contributed by atoms with Gasteiger partial charge in [0.25, 0.3) is 5.91 Å². The van der Waals surface area contributed by atoms with Gasteiger partial charge in [0.15, 0.2) is 11.5 Å². The Morgan fingerprint density at radius 3 is 2.45 bits per heavy atom. The summed E-state index contributed by atoms with van der Waals surface area (Å²) in [6.45, 7) is 2.12. The van der Waals surface area contributed by atoms with Crippen LogP contribution in [0.25, 0.3) is 0 Å². The van der Waals surface area contributed by atoms with Gasteiger partial charge in [-0.3, -0.25) is 9.59 Å². The minimum Gasteiger partial charge on any atom is -0.493 e. The monoisotopic (exact) mass is 438 g/mol. The average molecular weight is 438 g/mol. The number of para-hydroxylation sites is 1. The van der Waals surface area contributed by atoms with E-state index in [2.05, 4.69) is 5.32 Å². The third-order valence-corrected chi connectivity index (χ3v) is 4.40. The van der Waals surface area contributed by atoms with Crippen LogP contribution < -0.4 is 14.8 Å². The lowest BCUT2D eigenvalue weighted by Crippen LogP contribution is -2.35. The van der Waals surface area contributed by atoms with E-state index in [0.717, 1.165) is 29.9 Å². The van der Waals surface area contributed by atoms with Crippen LogP contribution >= 0.6 is 0 Å². The fourth-order valence-electron chi connectivity index (χ4n) is 2.78. The predicted molar refractivity (Wildman–Crippen MR) is 110 cm³/mol. The first kappa shape index (κ1) is 24.0. The average Bonchev–Trinajstić information content (AvgIpc) is 2.73. The second-order valence-corrected chi connectivity index (χ2v) is 6.82. The van der Waals surface area contributed by atoms with Crippen molar-refractivity contribution in [2.45, 2.75) is 25.9 Å². The topological polar surface area (TPSA) is 67.9 Å². The normalized spacial score (nSPS) is 11.0. The molecule has 0 aliphatic carbocycles. The number of carbonyl (C=O) groups excluding carboxylic acids is 2. The second kappa shape index (κ2) is 10.7. The molecule has 0 heterocycles. The Hall–Kier alpha value is -3.23. The molecule has 2 amide bonds. The molecule has 0 fully saturated rings. The van der Waals surface area contributed by atoms with Gasteiger partial charge in [-0.1, -0.05) is 25.5 Å². The van der Waals surface area contributed by atoms with Gasteiger partial charge in [-0.15, -0.1) is 0 Å². The highest BCUT2D eigenvalue weighted by Gasteiger charge is 2.33. The number of carbonyl (C=O) groups is 2. The Labute approximate surface area is 178 Å². The molecular weight excluding hydrogens is 413 g/mol. The van der Waals surface area contributed by atoms with Crippen LogP contribution in [0.3, 0.4) is 0 Å². The number of hydrogen-bond donors (Lipinski definition) is 1. The summed E-state index contributed by atoms with van der Waals surface area (Å²) in [6, 6.07) is 9.30. The van der Waals surface area contributed by atoms with Crippen molar-refractivity contribution in [1.29, 1.82) is 0 Å². The van der Waals surface area contributed by atoms with Gasteiger partial charge in [0, 0.05) is 12.6 Å². The van der Waals surface area contributed by atoms with E-state index >= 15 is 0 Å². The largest absolute Gasteiger partial charge is 0.493 e. The van der Waals surface area contributed by atoms with E-state index in [1.54, 1.807) is 12.1 Å². The van der Waals surface area contributed by atoms with Crippen LogP contribution in [0.5, 0.6) is 11.5 Å². The van der Waals surface area contributed by atoms with Crippen LogP contribution in [0.15, 0.2) is 42.5 Å². The van der Waals surface area contributed by atoms with Crippen LogP contribution in [0, 0.1) is 0 Å². The number of hydrogen-bond acceptors (Lipinski definition) is 4. The maximum atomic E-state index is 13.1. The molecule has 31 heavy (non-hydrogen) atoms. The molecule has 0 aromatic heterocycles. The minimum atomic E-state index is -4.61. The SMILES string of the molecule is CCCCOc1ccc(C(=O)N(C)CC(=O)Nc2ccccc2C(F)(F)F)cc1OC. The zero-order valence-corrected chi connectivity index (χ0v) is 17.6. The Kier molecular flexibility index (Phi) is 8.30. The molecular formula is C22H25F3N2O4. The Morgan fingerprint density at radius 1 is 1.10 bits per heavy atom. The zero-order chi connectivity index (χ0) is 23.0. The van der Waals surface area contributed by atoms with Crippen molar-refractivity contribution in [3.05, 3.63) is 53.6 Å². The highest BCUT2D eigenvalue weighted by atomic mass is 19.4. The summed E-state index contributed by atoms with van der Waals surface area (Å²) >= 11 is 0. The van der Waals surface area contributed by atoms with Gasteiger partial charge in [-0.2, -0.15) is 13.2 Å². The molecule has 0 saturated heterocycles. The molecule has 0 unspecified atom stereocenters. The maximum absolute atomic E-state index is 13.1. The Morgan fingerprint density at radius 2 is 1.81 bits per heavy atom. The van der Waals surface area contributed by atoms with Gasteiger partial charge < -0.3 is 19.7 Å². The fourth-order valence-corrected chi connectivity index (χ4v) is 2.78. The van der Waals surface area contributed by atoms with Crippen LogP contribution in [0.2, 0.25) is 0 Å². The quantitative estimate of drug-likeness (QED) is 0.581. The van der Waals surface area contributed by atoms with Crippen molar-refractivity contribution >= 4 is 17.5 Å². The molecule has 2 rings (SSSR count). The molecule has 0 aliphatic rings. The third-order valence-electron chi connectivity index (χ3n) is 4.40. The third kappa shape index (κ3) is 6.63. The molecule has 2 aromatic rings. The first-order valence-electron chi connectivity index (χ1n) is 9.69. The van der Waals surface area contributed by atoms with Gasteiger partial charge in [0.2, 0.25) is 5.91 Å². The summed E-state index contributed by atoms with van der Waals surface area (Å²) in [5, 5.41) is 2.22. The number of halogens is 3. The van der Waals surface area contributed by atoms with Crippen LogP contribution in [0.1, 0.15) is 35.7 Å². The lowest BCUT2D eigenvalue weighted by molar-refractivity contribution is -0.137. The van der Waals surface area contributed by atoms with Gasteiger partial charge in [0.1, 0.15) is 0 Å². The van der Waals surface area contributed by atoms with Crippen molar-refractivity contribution in [3.63, 3.8) is 0 Å². The van der Waals surface area contributed by atoms with Crippen molar-refractivity contribution in [3.8, 4) is 11.5 Å². The maximum Gasteiger partial charge on any atom is 0.418 e. The van der Waals surface area contributed by atoms with E-state index in [0.29, 0.717) is 18.1 Å². The summed E-state index contributed by atoms with van der Waals surface area (Å²) in [6.07, 6.45) is -2.76. The van der Waals surface area contributed by atoms with Gasteiger partial charge in [0.05, 0.1) is 31.5 Å². The highest BCUT2D eigenvalue weighted by molar-refractivity contribution is 5.99. The van der Waals surface area contributed by atoms with Gasteiger partial charge >= 0.3 is 6.18 Å². The molecule has 6 nitrogen and oxygen atoms in total.